The van der Waals surface area contributed by atoms with E-state index in [9.17, 15) is 9.18 Å². The van der Waals surface area contributed by atoms with Gasteiger partial charge in [-0.25, -0.2) is 9.07 Å². The summed E-state index contributed by atoms with van der Waals surface area (Å²) in [6.45, 7) is 1.48. The summed E-state index contributed by atoms with van der Waals surface area (Å²) >= 11 is 0. The van der Waals surface area contributed by atoms with Crippen LogP contribution in [0.15, 0.2) is 54.9 Å². The molecule has 0 N–H and O–H groups in total. The summed E-state index contributed by atoms with van der Waals surface area (Å²) in [7, 11) is 0. The summed E-state index contributed by atoms with van der Waals surface area (Å²) in [6, 6.07) is 11.6. The molecule has 0 spiro atoms. The quantitative estimate of drug-likeness (QED) is 0.694. The summed E-state index contributed by atoms with van der Waals surface area (Å²) in [4.78, 5) is 15.7. The third kappa shape index (κ3) is 2.93. The van der Waals surface area contributed by atoms with Crippen molar-refractivity contribution < 1.29 is 9.18 Å². The molecule has 5 heteroatoms. The van der Waals surface area contributed by atoms with E-state index in [1.54, 1.807) is 35.3 Å². The largest absolute Gasteiger partial charge is 0.293 e. The number of Topliss-reactive ketones (excluding diaryl/α,β-unsaturated/α-hetero) is 1. The Bertz CT molecular complexity index is 795. The lowest BCUT2D eigenvalue weighted by atomic mass is 10.1. The molecule has 0 saturated carbocycles. The van der Waals surface area contributed by atoms with Gasteiger partial charge in [-0.1, -0.05) is 6.07 Å². The van der Waals surface area contributed by atoms with Crippen molar-refractivity contribution in [2.75, 3.05) is 0 Å². The van der Waals surface area contributed by atoms with Gasteiger partial charge in [-0.2, -0.15) is 5.10 Å². The predicted octanol–water partition coefficient (Wildman–Crippen LogP) is 3.20. The SMILES string of the molecule is CC(=O)c1cc(Cc2cccnc2)n(-c2ccc(F)cc2)n1. The summed E-state index contributed by atoms with van der Waals surface area (Å²) < 4.78 is 14.8. The number of carbonyl (C=O) groups excluding carboxylic acids is 1. The van der Waals surface area contributed by atoms with Gasteiger partial charge in [0.15, 0.2) is 5.78 Å². The minimum absolute atomic E-state index is 0.103. The van der Waals surface area contributed by atoms with E-state index in [0.717, 1.165) is 11.3 Å². The fourth-order valence-electron chi connectivity index (χ4n) is 2.24. The smallest absolute Gasteiger partial charge is 0.180 e. The van der Waals surface area contributed by atoms with Crippen LogP contribution in [0.25, 0.3) is 5.69 Å². The van der Waals surface area contributed by atoms with Gasteiger partial charge in [-0.3, -0.25) is 9.78 Å². The molecule has 0 unspecified atom stereocenters. The van der Waals surface area contributed by atoms with E-state index in [2.05, 4.69) is 10.1 Å². The highest BCUT2D eigenvalue weighted by Crippen LogP contribution is 2.17. The fraction of sp³-hybridized carbons (Fsp3) is 0.118. The van der Waals surface area contributed by atoms with Crippen LogP contribution >= 0.6 is 0 Å². The molecule has 1 aromatic carbocycles. The average molecular weight is 295 g/mol. The van der Waals surface area contributed by atoms with E-state index in [1.165, 1.54) is 19.1 Å². The summed E-state index contributed by atoms with van der Waals surface area (Å²) in [5.74, 6) is -0.412. The van der Waals surface area contributed by atoms with Gasteiger partial charge < -0.3 is 0 Å². The third-order valence-electron chi connectivity index (χ3n) is 3.32. The number of carbonyl (C=O) groups is 1. The molecule has 110 valence electrons. The summed E-state index contributed by atoms with van der Waals surface area (Å²) in [5.41, 5.74) is 2.97. The molecule has 0 radical (unpaired) electrons. The minimum atomic E-state index is -0.309. The van der Waals surface area contributed by atoms with Gasteiger partial charge in [0.1, 0.15) is 11.5 Å². The van der Waals surface area contributed by atoms with Crippen molar-refractivity contribution in [2.45, 2.75) is 13.3 Å². The van der Waals surface area contributed by atoms with Crippen LogP contribution in [0.2, 0.25) is 0 Å². The maximum absolute atomic E-state index is 13.1. The van der Waals surface area contributed by atoms with E-state index in [-0.39, 0.29) is 11.6 Å². The van der Waals surface area contributed by atoms with Gasteiger partial charge in [-0.05, 0) is 42.0 Å². The van der Waals surface area contributed by atoms with Crippen molar-refractivity contribution in [3.8, 4) is 5.69 Å². The third-order valence-corrected chi connectivity index (χ3v) is 3.32. The Labute approximate surface area is 127 Å². The summed E-state index contributed by atoms with van der Waals surface area (Å²) in [5, 5.41) is 4.33. The summed E-state index contributed by atoms with van der Waals surface area (Å²) in [6.07, 6.45) is 4.07. The van der Waals surface area contributed by atoms with Crippen LogP contribution in [0.5, 0.6) is 0 Å². The maximum atomic E-state index is 13.1. The maximum Gasteiger partial charge on any atom is 0.180 e. The zero-order valence-corrected chi connectivity index (χ0v) is 12.0. The van der Waals surface area contributed by atoms with Crippen LogP contribution in [-0.4, -0.2) is 20.5 Å². The van der Waals surface area contributed by atoms with Crippen molar-refractivity contribution in [1.82, 2.24) is 14.8 Å². The second-order valence-electron chi connectivity index (χ2n) is 5.00. The lowest BCUT2D eigenvalue weighted by Crippen LogP contribution is -2.04. The number of rotatable bonds is 4. The van der Waals surface area contributed by atoms with Crippen LogP contribution in [0.1, 0.15) is 28.7 Å². The molecule has 3 aromatic rings. The number of pyridine rings is 1. The predicted molar refractivity (Wildman–Crippen MR) is 80.6 cm³/mol. The van der Waals surface area contributed by atoms with Gasteiger partial charge >= 0.3 is 0 Å². The van der Waals surface area contributed by atoms with E-state index in [4.69, 9.17) is 0 Å². The molecule has 0 fully saturated rings. The Balaban J connectivity index is 2.04. The molecule has 3 rings (SSSR count). The van der Waals surface area contributed by atoms with E-state index >= 15 is 0 Å². The van der Waals surface area contributed by atoms with Gasteiger partial charge in [0.05, 0.1) is 5.69 Å². The van der Waals surface area contributed by atoms with E-state index < -0.39 is 0 Å². The number of ketones is 1. The standard InChI is InChI=1S/C17H14FN3O/c1-12(22)17-10-16(9-13-3-2-8-19-11-13)21(20-17)15-6-4-14(18)5-7-15/h2-8,10-11H,9H2,1H3. The Morgan fingerprint density at radius 3 is 2.64 bits per heavy atom. The zero-order chi connectivity index (χ0) is 15.5. The Kier molecular flexibility index (Phi) is 3.78. The number of nitrogens with zero attached hydrogens (tertiary/aromatic N) is 3. The normalized spacial score (nSPS) is 10.6. The van der Waals surface area contributed by atoms with Gasteiger partial charge in [0, 0.05) is 31.4 Å². The van der Waals surface area contributed by atoms with Gasteiger partial charge in [-0.15, -0.1) is 0 Å². The van der Waals surface area contributed by atoms with Crippen LogP contribution in [-0.2, 0) is 6.42 Å². The average Bonchev–Trinajstić information content (AvgIpc) is 2.93. The van der Waals surface area contributed by atoms with Crippen molar-refractivity contribution in [3.05, 3.63) is 77.6 Å². The highest BCUT2D eigenvalue weighted by molar-refractivity contribution is 5.92. The molecule has 0 aliphatic rings. The molecule has 0 bridgehead atoms. The molecule has 2 heterocycles. The lowest BCUT2D eigenvalue weighted by molar-refractivity contribution is 0.101. The first kappa shape index (κ1) is 14.1. The van der Waals surface area contributed by atoms with Crippen LogP contribution in [0, 0.1) is 5.82 Å². The van der Waals surface area contributed by atoms with Gasteiger partial charge in [0.2, 0.25) is 0 Å². The van der Waals surface area contributed by atoms with Crippen molar-refractivity contribution in [1.29, 1.82) is 0 Å². The molecule has 0 aliphatic heterocycles. The first-order chi connectivity index (χ1) is 10.6. The topological polar surface area (TPSA) is 47.8 Å². The van der Waals surface area contributed by atoms with Gasteiger partial charge in [0.25, 0.3) is 0 Å². The van der Waals surface area contributed by atoms with Crippen LogP contribution in [0.3, 0.4) is 0 Å². The highest BCUT2D eigenvalue weighted by Gasteiger charge is 2.13. The number of halogens is 1. The first-order valence-corrected chi connectivity index (χ1v) is 6.88. The molecular formula is C17H14FN3O. The number of hydrogen-bond donors (Lipinski definition) is 0. The molecule has 0 saturated heterocycles. The lowest BCUT2D eigenvalue weighted by Gasteiger charge is -2.07. The van der Waals surface area contributed by atoms with Crippen molar-refractivity contribution in [2.24, 2.45) is 0 Å². The van der Waals surface area contributed by atoms with Crippen molar-refractivity contribution in [3.63, 3.8) is 0 Å². The fourth-order valence-corrected chi connectivity index (χ4v) is 2.24. The Morgan fingerprint density at radius 1 is 1.23 bits per heavy atom. The second-order valence-corrected chi connectivity index (χ2v) is 5.00. The highest BCUT2D eigenvalue weighted by atomic mass is 19.1. The molecule has 4 nitrogen and oxygen atoms in total. The molecule has 0 aliphatic carbocycles. The van der Waals surface area contributed by atoms with Crippen LogP contribution < -0.4 is 0 Å². The molecular weight excluding hydrogens is 281 g/mol. The van der Waals surface area contributed by atoms with E-state index in [0.29, 0.717) is 17.8 Å². The number of hydrogen-bond acceptors (Lipinski definition) is 3. The number of aromatic nitrogens is 3. The first-order valence-electron chi connectivity index (χ1n) is 6.88. The molecule has 0 atom stereocenters. The zero-order valence-electron chi connectivity index (χ0n) is 12.0. The second kappa shape index (κ2) is 5.89. The molecule has 22 heavy (non-hydrogen) atoms. The van der Waals surface area contributed by atoms with Crippen LogP contribution in [0.4, 0.5) is 4.39 Å². The van der Waals surface area contributed by atoms with Crippen molar-refractivity contribution >= 4 is 5.78 Å². The Hall–Kier alpha value is -2.82. The van der Waals surface area contributed by atoms with E-state index in [1.807, 2.05) is 12.1 Å². The number of benzene rings is 1. The minimum Gasteiger partial charge on any atom is -0.293 e. The monoisotopic (exact) mass is 295 g/mol. The Morgan fingerprint density at radius 2 is 2.00 bits per heavy atom. The molecule has 2 aromatic heterocycles. The molecule has 0 amide bonds.